The van der Waals surface area contributed by atoms with Crippen LogP contribution >= 0.6 is 0 Å². The summed E-state index contributed by atoms with van der Waals surface area (Å²) in [6.45, 7) is 15.9. The zero-order valence-electron chi connectivity index (χ0n) is 20.6. The molecule has 2 N–H and O–H groups in total. The molecule has 2 aliphatic carbocycles. The van der Waals surface area contributed by atoms with E-state index in [0.29, 0.717) is 22.6 Å². The summed E-state index contributed by atoms with van der Waals surface area (Å²) in [6, 6.07) is 0. The molecular weight excluding hydrogens is 398 g/mol. The first-order valence-electron chi connectivity index (χ1n) is 12.3. The van der Waals surface area contributed by atoms with Crippen molar-refractivity contribution in [2.45, 2.75) is 72.6 Å². The first-order chi connectivity index (χ1) is 15.2. The van der Waals surface area contributed by atoms with Crippen LogP contribution in [0, 0.1) is 27.9 Å². The van der Waals surface area contributed by atoms with Gasteiger partial charge in [-0.2, -0.15) is 4.98 Å². The summed E-state index contributed by atoms with van der Waals surface area (Å²) in [4.78, 5) is 11.9. The van der Waals surface area contributed by atoms with Gasteiger partial charge in [0.2, 0.25) is 0 Å². The Labute approximate surface area is 193 Å². The van der Waals surface area contributed by atoms with E-state index in [9.17, 15) is 5.21 Å². The molecule has 6 heteroatoms. The molecule has 32 heavy (non-hydrogen) atoms. The minimum atomic E-state index is 0.371. The summed E-state index contributed by atoms with van der Waals surface area (Å²) >= 11 is 0. The van der Waals surface area contributed by atoms with Crippen LogP contribution in [-0.2, 0) is 0 Å². The highest BCUT2D eigenvalue weighted by Crippen LogP contribution is 2.61. The molecule has 1 aliphatic heterocycles. The minimum Gasteiger partial charge on any atom is -0.760 e. The second-order valence-corrected chi connectivity index (χ2v) is 11.4. The average molecular weight is 440 g/mol. The summed E-state index contributed by atoms with van der Waals surface area (Å²) in [7, 11) is 2.08. The molecule has 4 rings (SSSR count). The number of fused-ring (bicyclic) bond motifs is 2. The van der Waals surface area contributed by atoms with Gasteiger partial charge in [-0.1, -0.05) is 51.0 Å². The Morgan fingerprint density at radius 3 is 2.88 bits per heavy atom. The molecule has 0 aromatic carbocycles. The van der Waals surface area contributed by atoms with E-state index >= 15 is 0 Å². The highest BCUT2D eigenvalue weighted by Gasteiger charge is 2.52. The largest absolute Gasteiger partial charge is 0.760 e. The van der Waals surface area contributed by atoms with E-state index in [1.807, 2.05) is 5.48 Å². The number of nitrogens with zero attached hydrogens (tertiary/aromatic N) is 3. The zero-order chi connectivity index (χ0) is 23.1. The molecule has 176 valence electrons. The number of hydrogen-bond acceptors (Lipinski definition) is 5. The highest BCUT2D eigenvalue weighted by atomic mass is 16.5. The van der Waals surface area contributed by atoms with Crippen LogP contribution in [0.3, 0.4) is 0 Å². The van der Waals surface area contributed by atoms with Crippen LogP contribution in [0.25, 0.3) is 0 Å². The third-order valence-corrected chi connectivity index (χ3v) is 8.87. The topological polar surface area (TPSA) is 68.5 Å². The van der Waals surface area contributed by atoms with Crippen molar-refractivity contribution in [3.63, 3.8) is 0 Å². The molecule has 1 unspecified atom stereocenters. The van der Waals surface area contributed by atoms with Gasteiger partial charge in [0.1, 0.15) is 12.1 Å². The Balaban J connectivity index is 1.43. The molecular formula is C26H41N5O. The molecule has 0 bridgehead atoms. The van der Waals surface area contributed by atoms with E-state index in [-0.39, 0.29) is 0 Å². The Hall–Kier alpha value is -1.92. The molecule has 1 aromatic rings. The monoisotopic (exact) mass is 439 g/mol. The fraction of sp³-hybridized carbons (Fsp3) is 0.692. The summed E-state index contributed by atoms with van der Waals surface area (Å²) < 4.78 is 0. The van der Waals surface area contributed by atoms with Crippen molar-refractivity contribution in [1.82, 2.24) is 9.97 Å². The van der Waals surface area contributed by atoms with Gasteiger partial charge in [-0.05, 0) is 68.1 Å². The van der Waals surface area contributed by atoms with Gasteiger partial charge in [-0.15, -0.1) is 0 Å². The molecule has 6 nitrogen and oxygen atoms in total. The molecule has 2 saturated carbocycles. The number of aromatic nitrogens is 2. The van der Waals surface area contributed by atoms with E-state index in [2.05, 4.69) is 62.3 Å². The van der Waals surface area contributed by atoms with Gasteiger partial charge in [0.05, 0.1) is 7.05 Å². The van der Waals surface area contributed by atoms with Gasteiger partial charge in [0.15, 0.2) is 12.4 Å². The van der Waals surface area contributed by atoms with Gasteiger partial charge in [0.25, 0.3) is 5.82 Å². The van der Waals surface area contributed by atoms with Crippen LogP contribution in [0.2, 0.25) is 0 Å². The second kappa shape index (κ2) is 8.79. The van der Waals surface area contributed by atoms with Crippen molar-refractivity contribution in [3.05, 3.63) is 35.3 Å². The molecule has 0 radical (unpaired) electrons. The minimum absolute atomic E-state index is 0.371. The number of nitrogens with one attached hydrogen (secondary N) is 2. The van der Waals surface area contributed by atoms with Crippen LogP contribution in [0.5, 0.6) is 0 Å². The fourth-order valence-corrected chi connectivity index (χ4v) is 7.21. The van der Waals surface area contributed by atoms with Crippen LogP contribution in [0.15, 0.2) is 30.1 Å². The predicted molar refractivity (Wildman–Crippen MR) is 132 cm³/mol. The third-order valence-electron chi connectivity index (χ3n) is 8.87. The summed E-state index contributed by atoms with van der Waals surface area (Å²) in [6.07, 6.45) is 12.7. The Kier molecular flexibility index (Phi) is 6.38. The number of hydrogen-bond donors (Lipinski definition) is 2. The quantitative estimate of drug-likeness (QED) is 0.491. The predicted octanol–water partition coefficient (Wildman–Crippen LogP) is 4.84. The van der Waals surface area contributed by atoms with Gasteiger partial charge in [-0.25, -0.2) is 4.98 Å². The van der Waals surface area contributed by atoms with E-state index in [0.717, 1.165) is 37.1 Å². The molecule has 0 saturated heterocycles. The van der Waals surface area contributed by atoms with E-state index in [1.165, 1.54) is 60.9 Å². The highest BCUT2D eigenvalue weighted by molar-refractivity contribution is 5.75. The Bertz CT molecular complexity index is 894. The van der Waals surface area contributed by atoms with Crippen molar-refractivity contribution in [3.8, 4) is 0 Å². The molecule has 1 aromatic heterocycles. The number of rotatable bonds is 6. The molecule has 0 spiro atoms. The van der Waals surface area contributed by atoms with E-state index in [1.54, 1.807) is 0 Å². The van der Waals surface area contributed by atoms with E-state index in [4.69, 9.17) is 0 Å². The first-order valence-corrected chi connectivity index (χ1v) is 12.3. The van der Waals surface area contributed by atoms with Crippen molar-refractivity contribution < 1.29 is 4.90 Å². The number of quaternary nitrogens is 1. The number of allylic oxidation sites excluding steroid dienone is 2. The Morgan fingerprint density at radius 2 is 2.12 bits per heavy atom. The lowest BCUT2D eigenvalue weighted by molar-refractivity contribution is -0.805. The van der Waals surface area contributed by atoms with Crippen LogP contribution in [0.1, 0.15) is 72.6 Å². The molecule has 2 fully saturated rings. The fourth-order valence-electron chi connectivity index (χ4n) is 7.21. The van der Waals surface area contributed by atoms with Gasteiger partial charge >= 0.3 is 0 Å². The van der Waals surface area contributed by atoms with Crippen molar-refractivity contribution in [2.75, 3.05) is 30.6 Å². The van der Waals surface area contributed by atoms with Crippen molar-refractivity contribution >= 4 is 17.3 Å². The van der Waals surface area contributed by atoms with Crippen LogP contribution in [-0.4, -0.2) is 30.2 Å². The lowest BCUT2D eigenvalue weighted by Crippen LogP contribution is -3.03. The summed E-state index contributed by atoms with van der Waals surface area (Å²) in [5, 5.41) is 11.4. The summed E-state index contributed by atoms with van der Waals surface area (Å²) in [5.74, 6) is 2.69. The molecule has 2 heterocycles. The lowest BCUT2D eigenvalue weighted by Gasteiger charge is -2.58. The third kappa shape index (κ3) is 4.08. The first kappa shape index (κ1) is 23.2. The Morgan fingerprint density at radius 1 is 1.34 bits per heavy atom. The van der Waals surface area contributed by atoms with Gasteiger partial charge in [-0.3, -0.25) is 4.90 Å². The lowest BCUT2D eigenvalue weighted by atomic mass is 9.47. The smallest absolute Gasteiger partial charge is 0.256 e. The van der Waals surface area contributed by atoms with Crippen LogP contribution in [0.4, 0.5) is 17.3 Å². The summed E-state index contributed by atoms with van der Waals surface area (Å²) in [5.41, 5.74) is 6.56. The van der Waals surface area contributed by atoms with Crippen molar-refractivity contribution in [1.29, 1.82) is 0 Å². The maximum atomic E-state index is 11.4. The van der Waals surface area contributed by atoms with Crippen molar-refractivity contribution in [2.24, 2.45) is 22.7 Å². The van der Waals surface area contributed by atoms with Gasteiger partial charge < -0.3 is 15.6 Å². The van der Waals surface area contributed by atoms with Crippen LogP contribution < -0.4 is 15.3 Å². The zero-order valence-corrected chi connectivity index (χ0v) is 20.6. The van der Waals surface area contributed by atoms with Gasteiger partial charge in [0, 0.05) is 6.54 Å². The molecule has 0 amide bonds. The second-order valence-electron chi connectivity index (χ2n) is 11.4. The number of anilines is 2. The normalized spacial score (nSPS) is 31.9. The van der Waals surface area contributed by atoms with E-state index < -0.39 is 0 Å². The molecule has 4 atom stereocenters. The molecule has 3 aliphatic rings. The SMILES string of the molecule is C=C1CC[C@@H]2C(C)(C)CCC[C@@]2(C)[C@@H]1CC/C(C)=C/CN1C[NH+](C)c2ncnc(N[O-])c21. The maximum absolute atomic E-state index is 11.4. The standard InChI is InChI=1S/C26H40N5O/c1-18(12-15-31-17-30(6)24-22(31)23(29-32)27-16-28-24)8-10-20-19(2)9-11-21-25(3,4)13-7-14-26(20,21)5/h12,16,20-21H,2,7-11,13-15,17H2,1,3-6H3,(H-,27,28,29,32)/q-1/p+1/b18-12+/t20-,21-,26+/m1/s1. The average Bonchev–Trinajstić information content (AvgIpc) is 3.07. The maximum Gasteiger partial charge on any atom is 0.256 e.